The Labute approximate surface area is 86.6 Å². The maximum Gasteiger partial charge on any atom is 0.229 e. The molecule has 1 aliphatic rings. The van der Waals surface area contributed by atoms with Gasteiger partial charge in [0.1, 0.15) is 0 Å². The number of alkyl halides is 1. The third-order valence-electron chi connectivity index (χ3n) is 2.39. The second-order valence-electron chi connectivity index (χ2n) is 3.33. The number of hydrogen-bond donors (Lipinski definition) is 0. The molecule has 4 heteroatoms. The van der Waals surface area contributed by atoms with Crippen molar-refractivity contribution in [2.45, 2.75) is 26.2 Å². The Balaban J connectivity index is 2.51. The molecule has 1 aliphatic heterocycles. The Bertz CT molecular complexity index is 198. The van der Waals surface area contributed by atoms with Gasteiger partial charge in [-0.15, -0.1) is 0 Å². The van der Waals surface area contributed by atoms with Crippen molar-refractivity contribution in [3.05, 3.63) is 0 Å². The largest absolute Gasteiger partial charge is 0.282 e. The molecule has 13 heavy (non-hydrogen) atoms. The lowest BCUT2D eigenvalue weighted by atomic mass is 10.1. The molecule has 1 saturated heterocycles. The summed E-state index contributed by atoms with van der Waals surface area (Å²) in [6, 6.07) is 0. The molecule has 0 aliphatic carbocycles. The first-order valence-electron chi connectivity index (χ1n) is 4.58. The third-order valence-corrected chi connectivity index (χ3v) is 3.31. The standard InChI is InChI=1S/C9H14BrNO2/c1-2-7(5-10)6-11-8(12)3-4-9(11)13/h7H,2-6H2,1H3. The summed E-state index contributed by atoms with van der Waals surface area (Å²) in [5, 5.41) is 0.848. The summed E-state index contributed by atoms with van der Waals surface area (Å²) in [7, 11) is 0. The van der Waals surface area contributed by atoms with Crippen LogP contribution < -0.4 is 0 Å². The normalized spacial score (nSPS) is 19.7. The van der Waals surface area contributed by atoms with E-state index < -0.39 is 0 Å². The lowest BCUT2D eigenvalue weighted by Gasteiger charge is -2.19. The van der Waals surface area contributed by atoms with Crippen LogP contribution in [0.1, 0.15) is 26.2 Å². The van der Waals surface area contributed by atoms with Crippen LogP contribution in [-0.4, -0.2) is 28.6 Å². The lowest BCUT2D eigenvalue weighted by molar-refractivity contribution is -0.138. The van der Waals surface area contributed by atoms with E-state index in [4.69, 9.17) is 0 Å². The van der Waals surface area contributed by atoms with Crippen LogP contribution in [0, 0.1) is 5.92 Å². The third kappa shape index (κ3) is 2.53. The number of likely N-dealkylation sites (tertiary alicyclic amines) is 1. The van der Waals surface area contributed by atoms with Gasteiger partial charge < -0.3 is 0 Å². The summed E-state index contributed by atoms with van der Waals surface area (Å²) >= 11 is 3.37. The molecular formula is C9H14BrNO2. The molecule has 0 aromatic heterocycles. The molecule has 0 N–H and O–H groups in total. The minimum absolute atomic E-state index is 0.00981. The number of carbonyl (C=O) groups excluding carboxylic acids is 2. The summed E-state index contributed by atoms with van der Waals surface area (Å²) in [5.74, 6) is 0.375. The summed E-state index contributed by atoms with van der Waals surface area (Å²) in [6.07, 6.45) is 1.79. The first-order valence-corrected chi connectivity index (χ1v) is 5.70. The monoisotopic (exact) mass is 247 g/mol. The fourth-order valence-corrected chi connectivity index (χ4v) is 2.03. The second kappa shape index (κ2) is 4.74. The zero-order valence-electron chi connectivity index (χ0n) is 7.75. The van der Waals surface area contributed by atoms with E-state index in [2.05, 4.69) is 22.9 Å². The molecule has 0 saturated carbocycles. The van der Waals surface area contributed by atoms with Crippen molar-refractivity contribution in [3.63, 3.8) is 0 Å². The van der Waals surface area contributed by atoms with Crippen molar-refractivity contribution in [1.29, 1.82) is 0 Å². The molecule has 1 unspecified atom stereocenters. The van der Waals surface area contributed by atoms with Crippen molar-refractivity contribution in [2.75, 3.05) is 11.9 Å². The second-order valence-corrected chi connectivity index (χ2v) is 3.97. The van der Waals surface area contributed by atoms with Gasteiger partial charge in [-0.05, 0) is 5.92 Å². The van der Waals surface area contributed by atoms with Gasteiger partial charge in [0, 0.05) is 24.7 Å². The van der Waals surface area contributed by atoms with E-state index in [1.54, 1.807) is 0 Å². The first kappa shape index (κ1) is 10.7. The Morgan fingerprint density at radius 1 is 1.38 bits per heavy atom. The Kier molecular flexibility index (Phi) is 3.90. The molecule has 2 amide bonds. The summed E-state index contributed by atoms with van der Waals surface area (Å²) in [5.41, 5.74) is 0. The van der Waals surface area contributed by atoms with E-state index in [-0.39, 0.29) is 11.8 Å². The van der Waals surface area contributed by atoms with Gasteiger partial charge in [0.2, 0.25) is 11.8 Å². The Hall–Kier alpha value is -0.380. The molecule has 1 atom stereocenters. The SMILES string of the molecule is CCC(CBr)CN1C(=O)CCC1=O. The van der Waals surface area contributed by atoms with E-state index in [9.17, 15) is 9.59 Å². The van der Waals surface area contributed by atoms with Crippen LogP contribution in [0.15, 0.2) is 0 Å². The van der Waals surface area contributed by atoms with E-state index in [1.807, 2.05) is 0 Å². The van der Waals surface area contributed by atoms with Gasteiger partial charge in [-0.1, -0.05) is 29.3 Å². The average Bonchev–Trinajstić information content (AvgIpc) is 2.44. The smallest absolute Gasteiger partial charge is 0.229 e. The van der Waals surface area contributed by atoms with Crippen LogP contribution >= 0.6 is 15.9 Å². The molecule has 3 nitrogen and oxygen atoms in total. The number of nitrogens with zero attached hydrogens (tertiary/aromatic N) is 1. The van der Waals surface area contributed by atoms with Crippen LogP contribution in [-0.2, 0) is 9.59 Å². The topological polar surface area (TPSA) is 37.4 Å². The highest BCUT2D eigenvalue weighted by atomic mass is 79.9. The number of hydrogen-bond acceptors (Lipinski definition) is 2. The molecule has 74 valence electrons. The summed E-state index contributed by atoms with van der Waals surface area (Å²) < 4.78 is 0. The molecule has 0 aromatic rings. The summed E-state index contributed by atoms with van der Waals surface area (Å²) in [6.45, 7) is 2.65. The number of imide groups is 1. The van der Waals surface area contributed by atoms with Crippen LogP contribution in [0.4, 0.5) is 0 Å². The number of carbonyl (C=O) groups is 2. The van der Waals surface area contributed by atoms with E-state index in [0.717, 1.165) is 11.8 Å². The molecule has 1 fully saturated rings. The number of rotatable bonds is 4. The van der Waals surface area contributed by atoms with Crippen molar-refractivity contribution >= 4 is 27.7 Å². The van der Waals surface area contributed by atoms with Crippen LogP contribution in [0.25, 0.3) is 0 Å². The van der Waals surface area contributed by atoms with Crippen molar-refractivity contribution < 1.29 is 9.59 Å². The van der Waals surface area contributed by atoms with Crippen LogP contribution in [0.3, 0.4) is 0 Å². The fourth-order valence-electron chi connectivity index (χ4n) is 1.37. The van der Waals surface area contributed by atoms with Gasteiger partial charge in [-0.3, -0.25) is 14.5 Å². The lowest BCUT2D eigenvalue weighted by Crippen LogP contribution is -2.34. The predicted molar refractivity (Wildman–Crippen MR) is 53.5 cm³/mol. The van der Waals surface area contributed by atoms with Crippen molar-refractivity contribution in [2.24, 2.45) is 5.92 Å². The van der Waals surface area contributed by atoms with Crippen molar-refractivity contribution in [1.82, 2.24) is 4.90 Å². The molecular weight excluding hydrogens is 234 g/mol. The van der Waals surface area contributed by atoms with Gasteiger partial charge >= 0.3 is 0 Å². The van der Waals surface area contributed by atoms with E-state index >= 15 is 0 Å². The zero-order chi connectivity index (χ0) is 9.84. The number of halogens is 1. The van der Waals surface area contributed by atoms with Crippen molar-refractivity contribution in [3.8, 4) is 0 Å². The molecule has 1 rings (SSSR count). The van der Waals surface area contributed by atoms with E-state index in [0.29, 0.717) is 25.3 Å². The van der Waals surface area contributed by atoms with Gasteiger partial charge in [0.25, 0.3) is 0 Å². The minimum atomic E-state index is -0.00981. The molecule has 1 heterocycles. The maximum absolute atomic E-state index is 11.2. The minimum Gasteiger partial charge on any atom is -0.282 e. The van der Waals surface area contributed by atoms with Gasteiger partial charge in [-0.2, -0.15) is 0 Å². The highest BCUT2D eigenvalue weighted by Gasteiger charge is 2.29. The summed E-state index contributed by atoms with van der Waals surface area (Å²) in [4.78, 5) is 23.9. The van der Waals surface area contributed by atoms with Crippen LogP contribution in [0.2, 0.25) is 0 Å². The fraction of sp³-hybridized carbons (Fsp3) is 0.778. The maximum atomic E-state index is 11.2. The van der Waals surface area contributed by atoms with Gasteiger partial charge in [-0.25, -0.2) is 0 Å². The quantitative estimate of drug-likeness (QED) is 0.559. The molecule has 0 spiro atoms. The predicted octanol–water partition coefficient (Wildman–Crippen LogP) is 1.56. The highest BCUT2D eigenvalue weighted by molar-refractivity contribution is 9.09. The van der Waals surface area contributed by atoms with Gasteiger partial charge in [0.15, 0.2) is 0 Å². The Morgan fingerprint density at radius 3 is 2.31 bits per heavy atom. The molecule has 0 bridgehead atoms. The molecule has 0 radical (unpaired) electrons. The first-order chi connectivity index (χ1) is 6.19. The van der Waals surface area contributed by atoms with Gasteiger partial charge in [0.05, 0.1) is 0 Å². The number of amides is 2. The van der Waals surface area contributed by atoms with E-state index in [1.165, 1.54) is 4.90 Å². The molecule has 0 aromatic carbocycles. The van der Waals surface area contributed by atoms with Crippen LogP contribution in [0.5, 0.6) is 0 Å². The average molecular weight is 248 g/mol. The Morgan fingerprint density at radius 2 is 1.92 bits per heavy atom. The zero-order valence-corrected chi connectivity index (χ0v) is 9.34. The highest BCUT2D eigenvalue weighted by Crippen LogP contribution is 2.16.